The number of hydrogen-bond donors (Lipinski definition) is 1. The highest BCUT2D eigenvalue weighted by molar-refractivity contribution is 7.07. The molecule has 0 aliphatic carbocycles. The summed E-state index contributed by atoms with van der Waals surface area (Å²) in [6.45, 7) is 4.05. The van der Waals surface area contributed by atoms with Crippen LogP contribution in [-0.2, 0) is 11.3 Å². The fraction of sp³-hybridized carbons (Fsp3) is 0.333. The van der Waals surface area contributed by atoms with E-state index in [0.717, 1.165) is 5.56 Å². The van der Waals surface area contributed by atoms with Crippen molar-refractivity contribution in [2.75, 3.05) is 14.2 Å². The molecule has 21 heavy (non-hydrogen) atoms. The van der Waals surface area contributed by atoms with Crippen molar-refractivity contribution in [1.29, 1.82) is 0 Å². The van der Waals surface area contributed by atoms with E-state index in [1.54, 1.807) is 37.1 Å². The van der Waals surface area contributed by atoms with E-state index >= 15 is 0 Å². The molecule has 0 fully saturated rings. The van der Waals surface area contributed by atoms with Crippen LogP contribution in [0.25, 0.3) is 0 Å². The van der Waals surface area contributed by atoms with Crippen molar-refractivity contribution in [2.45, 2.75) is 20.4 Å². The topological polar surface area (TPSA) is 62.4 Å². The number of carbonyl (C=O) groups excluding carboxylic acids is 2. The number of nitrogens with zero attached hydrogens (tertiary/aromatic N) is 1. The van der Waals surface area contributed by atoms with Gasteiger partial charge in [0.05, 0.1) is 12.7 Å². The number of H-pyrrole nitrogens is 1. The minimum atomic E-state index is -0.430. The van der Waals surface area contributed by atoms with Gasteiger partial charge in [0.25, 0.3) is 5.91 Å². The summed E-state index contributed by atoms with van der Waals surface area (Å²) in [6.07, 6.45) is 0. The highest BCUT2D eigenvalue weighted by Gasteiger charge is 2.24. The molecular formula is C15H18N2O3S. The first-order chi connectivity index (χ1) is 9.95. The number of aromatic amines is 1. The lowest BCUT2D eigenvalue weighted by molar-refractivity contribution is 0.0599. The first kappa shape index (κ1) is 15.3. The number of nitrogens with one attached hydrogen (secondary N) is 1. The van der Waals surface area contributed by atoms with E-state index in [4.69, 9.17) is 4.74 Å². The Hall–Kier alpha value is -2.08. The second-order valence-electron chi connectivity index (χ2n) is 4.91. The van der Waals surface area contributed by atoms with Crippen LogP contribution in [-0.4, -0.2) is 35.9 Å². The molecule has 0 saturated carbocycles. The number of aromatic nitrogens is 1. The van der Waals surface area contributed by atoms with Crippen molar-refractivity contribution in [2.24, 2.45) is 0 Å². The zero-order chi connectivity index (χ0) is 15.6. The second-order valence-corrected chi connectivity index (χ2v) is 5.69. The Morgan fingerprint density at radius 1 is 1.38 bits per heavy atom. The summed E-state index contributed by atoms with van der Waals surface area (Å²) in [4.78, 5) is 28.9. The number of hydrogen-bond acceptors (Lipinski definition) is 4. The zero-order valence-corrected chi connectivity index (χ0v) is 13.3. The maximum Gasteiger partial charge on any atom is 0.339 e. The van der Waals surface area contributed by atoms with Crippen LogP contribution in [0.15, 0.2) is 16.8 Å². The van der Waals surface area contributed by atoms with E-state index in [1.807, 2.05) is 16.8 Å². The number of amides is 1. The Balaban J connectivity index is 2.25. The summed E-state index contributed by atoms with van der Waals surface area (Å²) in [7, 11) is 3.08. The largest absolute Gasteiger partial charge is 0.465 e. The van der Waals surface area contributed by atoms with Crippen LogP contribution in [0.2, 0.25) is 0 Å². The number of carbonyl (C=O) groups is 2. The molecule has 0 bridgehead atoms. The average molecular weight is 306 g/mol. The smallest absolute Gasteiger partial charge is 0.339 e. The molecule has 2 rings (SSSR count). The predicted octanol–water partition coefficient (Wildman–Crippen LogP) is 2.75. The summed E-state index contributed by atoms with van der Waals surface area (Å²) >= 11 is 1.60. The molecule has 2 heterocycles. The Morgan fingerprint density at radius 2 is 2.10 bits per heavy atom. The minimum Gasteiger partial charge on any atom is -0.465 e. The van der Waals surface area contributed by atoms with Gasteiger partial charge >= 0.3 is 5.97 Å². The van der Waals surface area contributed by atoms with Gasteiger partial charge in [0.1, 0.15) is 5.69 Å². The van der Waals surface area contributed by atoms with Gasteiger partial charge in [-0.1, -0.05) is 0 Å². The maximum absolute atomic E-state index is 12.5. The monoisotopic (exact) mass is 306 g/mol. The zero-order valence-electron chi connectivity index (χ0n) is 12.5. The van der Waals surface area contributed by atoms with E-state index < -0.39 is 5.97 Å². The Labute approximate surface area is 127 Å². The molecule has 2 aromatic rings. The van der Waals surface area contributed by atoms with Gasteiger partial charge in [0, 0.05) is 19.3 Å². The third-order valence-electron chi connectivity index (χ3n) is 3.39. The summed E-state index contributed by atoms with van der Waals surface area (Å²) in [5, 5.41) is 3.99. The molecule has 0 radical (unpaired) electrons. The molecular weight excluding hydrogens is 288 g/mol. The molecule has 5 nitrogen and oxygen atoms in total. The van der Waals surface area contributed by atoms with Crippen molar-refractivity contribution in [3.63, 3.8) is 0 Å². The quantitative estimate of drug-likeness (QED) is 0.884. The van der Waals surface area contributed by atoms with Gasteiger partial charge in [-0.05, 0) is 41.8 Å². The predicted molar refractivity (Wildman–Crippen MR) is 81.7 cm³/mol. The van der Waals surface area contributed by atoms with E-state index in [2.05, 4.69) is 4.98 Å². The molecule has 1 N–H and O–H groups in total. The molecule has 2 aromatic heterocycles. The van der Waals surface area contributed by atoms with E-state index in [1.165, 1.54) is 7.11 Å². The van der Waals surface area contributed by atoms with Gasteiger partial charge in [-0.15, -0.1) is 0 Å². The third-order valence-corrected chi connectivity index (χ3v) is 4.12. The second kappa shape index (κ2) is 6.13. The molecule has 0 spiro atoms. The van der Waals surface area contributed by atoms with Crippen LogP contribution in [0.4, 0.5) is 0 Å². The number of esters is 1. The lowest BCUT2D eigenvalue weighted by Gasteiger charge is -2.16. The standard InChI is InChI=1S/C15H18N2O3S/c1-9-12(15(19)20-4)10(2)16-13(9)14(18)17(3)7-11-5-6-21-8-11/h5-6,8,16H,7H2,1-4H3. The number of rotatable bonds is 4. The highest BCUT2D eigenvalue weighted by Crippen LogP contribution is 2.20. The first-order valence-corrected chi connectivity index (χ1v) is 7.44. The Morgan fingerprint density at radius 3 is 2.67 bits per heavy atom. The molecule has 0 atom stereocenters. The molecule has 1 amide bonds. The fourth-order valence-electron chi connectivity index (χ4n) is 2.29. The van der Waals surface area contributed by atoms with Crippen LogP contribution in [0, 0.1) is 13.8 Å². The van der Waals surface area contributed by atoms with Crippen molar-refractivity contribution >= 4 is 23.2 Å². The lowest BCUT2D eigenvalue weighted by atomic mass is 10.1. The van der Waals surface area contributed by atoms with Gasteiger partial charge in [-0.2, -0.15) is 11.3 Å². The van der Waals surface area contributed by atoms with E-state index in [0.29, 0.717) is 29.1 Å². The number of aryl methyl sites for hydroxylation is 1. The van der Waals surface area contributed by atoms with Gasteiger partial charge in [-0.25, -0.2) is 4.79 Å². The van der Waals surface area contributed by atoms with E-state index in [-0.39, 0.29) is 5.91 Å². The minimum absolute atomic E-state index is 0.142. The molecule has 0 aliphatic rings. The van der Waals surface area contributed by atoms with Crippen molar-refractivity contribution in [3.8, 4) is 0 Å². The number of thiophene rings is 1. The normalized spacial score (nSPS) is 10.5. The lowest BCUT2D eigenvalue weighted by Crippen LogP contribution is -2.27. The molecule has 0 saturated heterocycles. The van der Waals surface area contributed by atoms with Crippen LogP contribution in [0.5, 0.6) is 0 Å². The highest BCUT2D eigenvalue weighted by atomic mass is 32.1. The third kappa shape index (κ3) is 3.00. The van der Waals surface area contributed by atoms with Gasteiger partial charge < -0.3 is 14.6 Å². The summed E-state index contributed by atoms with van der Waals surface area (Å²) < 4.78 is 4.75. The van der Waals surface area contributed by atoms with Crippen LogP contribution < -0.4 is 0 Å². The maximum atomic E-state index is 12.5. The Kier molecular flexibility index (Phi) is 4.47. The van der Waals surface area contributed by atoms with E-state index in [9.17, 15) is 9.59 Å². The van der Waals surface area contributed by atoms with Gasteiger partial charge in [-0.3, -0.25) is 4.79 Å². The first-order valence-electron chi connectivity index (χ1n) is 6.49. The molecule has 112 valence electrons. The molecule has 0 aromatic carbocycles. The summed E-state index contributed by atoms with van der Waals surface area (Å²) in [5.41, 5.74) is 3.23. The molecule has 0 aliphatic heterocycles. The fourth-order valence-corrected chi connectivity index (χ4v) is 2.95. The summed E-state index contributed by atoms with van der Waals surface area (Å²) in [6, 6.07) is 1.99. The van der Waals surface area contributed by atoms with Crippen molar-refractivity contribution in [3.05, 3.63) is 44.9 Å². The number of methoxy groups -OCH3 is 1. The summed E-state index contributed by atoms with van der Waals surface area (Å²) in [5.74, 6) is -0.572. The van der Waals surface area contributed by atoms with Crippen LogP contribution in [0.3, 0.4) is 0 Å². The van der Waals surface area contributed by atoms with Crippen LogP contribution in [0.1, 0.15) is 37.7 Å². The SMILES string of the molecule is COC(=O)c1c(C)[nH]c(C(=O)N(C)Cc2ccsc2)c1C. The molecule has 0 unspecified atom stereocenters. The van der Waals surface area contributed by atoms with Gasteiger partial charge in [0.2, 0.25) is 0 Å². The average Bonchev–Trinajstić information content (AvgIpc) is 3.05. The van der Waals surface area contributed by atoms with Crippen LogP contribution >= 0.6 is 11.3 Å². The van der Waals surface area contributed by atoms with Gasteiger partial charge in [0.15, 0.2) is 0 Å². The van der Waals surface area contributed by atoms with Crippen molar-refractivity contribution < 1.29 is 14.3 Å². The van der Waals surface area contributed by atoms with Crippen molar-refractivity contribution in [1.82, 2.24) is 9.88 Å². The Bertz CT molecular complexity index is 659. The number of ether oxygens (including phenoxy) is 1. The molecule has 6 heteroatoms.